The maximum absolute atomic E-state index is 5.83. The molecule has 0 amide bonds. The molecule has 1 aliphatic rings. The van der Waals surface area contributed by atoms with Crippen LogP contribution < -0.4 is 5.73 Å². The van der Waals surface area contributed by atoms with E-state index in [2.05, 4.69) is 60.0 Å². The lowest BCUT2D eigenvalue weighted by atomic mass is 9.82. The smallest absolute Gasteiger partial charge is 0.0997 e. The quantitative estimate of drug-likeness (QED) is 0.941. The van der Waals surface area contributed by atoms with Crippen molar-refractivity contribution in [2.24, 2.45) is 5.73 Å². The third-order valence-corrected chi connectivity index (χ3v) is 4.68. The van der Waals surface area contributed by atoms with Gasteiger partial charge in [0.25, 0.3) is 0 Å². The summed E-state index contributed by atoms with van der Waals surface area (Å²) in [6, 6.07) is 8.85. The van der Waals surface area contributed by atoms with E-state index in [4.69, 9.17) is 5.73 Å². The fraction of sp³-hybridized carbons (Fsp3) is 0.556. The van der Waals surface area contributed by atoms with E-state index in [1.54, 1.807) is 0 Å². The van der Waals surface area contributed by atoms with Crippen molar-refractivity contribution in [3.05, 3.63) is 46.8 Å². The highest BCUT2D eigenvalue weighted by Crippen LogP contribution is 2.37. The molecule has 2 aromatic rings. The van der Waals surface area contributed by atoms with Gasteiger partial charge in [0.05, 0.1) is 17.9 Å². The molecule has 0 radical (unpaired) electrons. The van der Waals surface area contributed by atoms with Crippen molar-refractivity contribution < 1.29 is 0 Å². The van der Waals surface area contributed by atoms with Crippen molar-refractivity contribution in [1.82, 2.24) is 15.0 Å². The Balaban J connectivity index is 1.82. The van der Waals surface area contributed by atoms with Crippen LogP contribution in [0.2, 0.25) is 0 Å². The second kappa shape index (κ2) is 5.84. The Morgan fingerprint density at radius 2 is 1.86 bits per heavy atom. The molecule has 0 bridgehead atoms. The highest BCUT2D eigenvalue weighted by atomic mass is 15.4. The monoisotopic (exact) mass is 298 g/mol. The summed E-state index contributed by atoms with van der Waals surface area (Å²) in [7, 11) is 0. The fourth-order valence-corrected chi connectivity index (χ4v) is 3.03. The Morgan fingerprint density at radius 3 is 2.36 bits per heavy atom. The van der Waals surface area contributed by atoms with E-state index in [0.717, 1.165) is 12.2 Å². The topological polar surface area (TPSA) is 56.7 Å². The predicted molar refractivity (Wildman–Crippen MR) is 88.7 cm³/mol. The third-order valence-electron chi connectivity index (χ3n) is 4.68. The molecule has 2 N–H and O–H groups in total. The Kier molecular flexibility index (Phi) is 4.04. The van der Waals surface area contributed by atoms with Crippen LogP contribution in [0.3, 0.4) is 0 Å². The molecule has 0 aliphatic heterocycles. The third kappa shape index (κ3) is 2.93. The van der Waals surface area contributed by atoms with Gasteiger partial charge in [0, 0.05) is 12.5 Å². The van der Waals surface area contributed by atoms with Crippen LogP contribution in [-0.2, 0) is 18.5 Å². The number of hydrogen-bond donors (Lipinski definition) is 1. The molecule has 0 spiro atoms. The zero-order valence-corrected chi connectivity index (χ0v) is 13.8. The van der Waals surface area contributed by atoms with Crippen LogP contribution >= 0.6 is 0 Å². The van der Waals surface area contributed by atoms with Crippen LogP contribution in [0.15, 0.2) is 24.3 Å². The van der Waals surface area contributed by atoms with E-state index in [1.165, 1.54) is 36.1 Å². The van der Waals surface area contributed by atoms with Crippen LogP contribution in [0.4, 0.5) is 0 Å². The van der Waals surface area contributed by atoms with Crippen molar-refractivity contribution in [2.45, 2.75) is 64.5 Å². The number of nitrogens with two attached hydrogens (primary N) is 1. The van der Waals surface area contributed by atoms with Crippen molar-refractivity contribution in [3.8, 4) is 0 Å². The molecule has 0 atom stereocenters. The van der Waals surface area contributed by atoms with Gasteiger partial charge in [0.2, 0.25) is 0 Å². The first kappa shape index (κ1) is 15.2. The molecule has 4 heteroatoms. The second-order valence-corrected chi connectivity index (χ2v) is 7.36. The lowest BCUT2D eigenvalue weighted by Crippen LogP contribution is -2.18. The van der Waals surface area contributed by atoms with Gasteiger partial charge in [-0.1, -0.05) is 56.7 Å². The van der Waals surface area contributed by atoms with Crippen molar-refractivity contribution >= 4 is 0 Å². The van der Waals surface area contributed by atoms with Gasteiger partial charge in [0.1, 0.15) is 0 Å². The average molecular weight is 298 g/mol. The van der Waals surface area contributed by atoms with Crippen LogP contribution in [0.25, 0.3) is 0 Å². The first-order valence-electron chi connectivity index (χ1n) is 8.21. The predicted octanol–water partition coefficient (Wildman–Crippen LogP) is 3.35. The fourth-order valence-electron chi connectivity index (χ4n) is 3.03. The number of nitrogens with zero attached hydrogens (tertiary/aromatic N) is 3. The molecule has 118 valence electrons. The molecule has 1 saturated carbocycles. The van der Waals surface area contributed by atoms with Gasteiger partial charge in [-0.05, 0) is 29.4 Å². The highest BCUT2D eigenvalue weighted by molar-refractivity contribution is 5.28. The van der Waals surface area contributed by atoms with Gasteiger partial charge in [0.15, 0.2) is 0 Å². The van der Waals surface area contributed by atoms with Crippen molar-refractivity contribution in [2.75, 3.05) is 0 Å². The summed E-state index contributed by atoms with van der Waals surface area (Å²) in [6.45, 7) is 7.98. The lowest BCUT2D eigenvalue weighted by Gasteiger charge is -2.26. The van der Waals surface area contributed by atoms with Crippen LogP contribution in [-0.4, -0.2) is 15.0 Å². The maximum atomic E-state index is 5.83. The molecule has 1 heterocycles. The summed E-state index contributed by atoms with van der Waals surface area (Å²) >= 11 is 0. The summed E-state index contributed by atoms with van der Waals surface area (Å²) in [5.41, 5.74) is 10.9. The average Bonchev–Trinajstić information content (AvgIpc) is 2.79. The Labute approximate surface area is 132 Å². The SMILES string of the molecule is CC(C)(C)c1ccc(Cn2nnc(CN)c2C2CCC2)cc1. The van der Waals surface area contributed by atoms with Crippen LogP contribution in [0.5, 0.6) is 0 Å². The van der Waals surface area contributed by atoms with Gasteiger partial charge in [-0.25, -0.2) is 4.68 Å². The van der Waals surface area contributed by atoms with E-state index in [0.29, 0.717) is 12.5 Å². The first-order chi connectivity index (χ1) is 10.5. The van der Waals surface area contributed by atoms with Gasteiger partial charge in [-0.2, -0.15) is 0 Å². The van der Waals surface area contributed by atoms with E-state index in [1.807, 2.05) is 0 Å². The van der Waals surface area contributed by atoms with Gasteiger partial charge in [-0.3, -0.25) is 0 Å². The van der Waals surface area contributed by atoms with Gasteiger partial charge in [-0.15, -0.1) is 5.10 Å². The summed E-state index contributed by atoms with van der Waals surface area (Å²) < 4.78 is 2.05. The molecule has 22 heavy (non-hydrogen) atoms. The standard InChI is InChI=1S/C18H26N4/c1-18(2,3)15-9-7-13(8-10-15)12-22-17(14-5-4-6-14)16(11-19)20-21-22/h7-10,14H,4-6,11-12,19H2,1-3H3. The lowest BCUT2D eigenvalue weighted by molar-refractivity contribution is 0.390. The zero-order chi connectivity index (χ0) is 15.7. The maximum Gasteiger partial charge on any atom is 0.0997 e. The van der Waals surface area contributed by atoms with Gasteiger partial charge >= 0.3 is 0 Å². The van der Waals surface area contributed by atoms with E-state index >= 15 is 0 Å². The van der Waals surface area contributed by atoms with E-state index < -0.39 is 0 Å². The summed E-state index contributed by atoms with van der Waals surface area (Å²) in [5, 5.41) is 8.62. The molecule has 0 saturated heterocycles. The largest absolute Gasteiger partial charge is 0.325 e. The van der Waals surface area contributed by atoms with Gasteiger partial charge < -0.3 is 5.73 Å². The van der Waals surface area contributed by atoms with Crippen LogP contribution in [0.1, 0.15) is 68.5 Å². The minimum absolute atomic E-state index is 0.190. The minimum Gasteiger partial charge on any atom is -0.325 e. The minimum atomic E-state index is 0.190. The van der Waals surface area contributed by atoms with Crippen LogP contribution in [0, 0.1) is 0 Å². The van der Waals surface area contributed by atoms with Crippen molar-refractivity contribution in [3.63, 3.8) is 0 Å². The number of aromatic nitrogens is 3. The van der Waals surface area contributed by atoms with E-state index in [9.17, 15) is 0 Å². The Bertz CT molecular complexity index is 630. The molecular weight excluding hydrogens is 272 g/mol. The first-order valence-corrected chi connectivity index (χ1v) is 8.21. The summed E-state index contributed by atoms with van der Waals surface area (Å²) in [6.07, 6.45) is 3.78. The Morgan fingerprint density at radius 1 is 1.18 bits per heavy atom. The number of hydrogen-bond acceptors (Lipinski definition) is 3. The molecule has 1 aromatic heterocycles. The molecule has 4 nitrogen and oxygen atoms in total. The van der Waals surface area contributed by atoms with Crippen molar-refractivity contribution in [1.29, 1.82) is 0 Å². The zero-order valence-electron chi connectivity index (χ0n) is 13.8. The second-order valence-electron chi connectivity index (χ2n) is 7.36. The Hall–Kier alpha value is -1.68. The molecule has 0 unspecified atom stereocenters. The molecule has 1 fully saturated rings. The summed E-state index contributed by atoms with van der Waals surface area (Å²) in [4.78, 5) is 0. The highest BCUT2D eigenvalue weighted by Gasteiger charge is 2.27. The molecular formula is C18H26N4. The summed E-state index contributed by atoms with van der Waals surface area (Å²) in [5.74, 6) is 0.599. The molecule has 1 aliphatic carbocycles. The number of rotatable bonds is 4. The molecule has 1 aromatic carbocycles. The number of benzene rings is 1. The van der Waals surface area contributed by atoms with E-state index in [-0.39, 0.29) is 5.41 Å². The normalized spacial score (nSPS) is 15.8. The molecule has 3 rings (SSSR count).